The Balaban J connectivity index is 0.000000791. The van der Waals surface area contributed by atoms with Gasteiger partial charge < -0.3 is 5.73 Å². The van der Waals surface area contributed by atoms with Crippen LogP contribution in [0.1, 0.15) is 33.4 Å². The van der Waals surface area contributed by atoms with Crippen molar-refractivity contribution in [2.24, 2.45) is 0 Å². The van der Waals surface area contributed by atoms with Gasteiger partial charge in [0.1, 0.15) is 5.82 Å². The number of hydrogen-bond donors (Lipinski definition) is 1. The molecule has 0 radical (unpaired) electrons. The van der Waals surface area contributed by atoms with E-state index in [4.69, 9.17) is 5.73 Å². The summed E-state index contributed by atoms with van der Waals surface area (Å²) >= 11 is 0. The third-order valence-corrected chi connectivity index (χ3v) is 2.99. The Morgan fingerprint density at radius 2 is 1.42 bits per heavy atom. The van der Waals surface area contributed by atoms with E-state index in [1.54, 1.807) is 36.4 Å². The summed E-state index contributed by atoms with van der Waals surface area (Å²) < 4.78 is 40.7. The van der Waals surface area contributed by atoms with Gasteiger partial charge >= 0.3 is 6.18 Å². The Morgan fingerprint density at radius 3 is 1.92 bits per heavy atom. The highest BCUT2D eigenvalue weighted by atomic mass is 19.4. The number of alkyl halides is 3. The normalized spacial score (nSPS) is 10.3. The van der Waals surface area contributed by atoms with Crippen LogP contribution in [0.3, 0.4) is 0 Å². The first kappa shape index (κ1) is 21.1. The molecule has 0 bridgehead atoms. The zero-order chi connectivity index (χ0) is 19.7. The van der Waals surface area contributed by atoms with Crippen LogP contribution in [0, 0.1) is 0 Å². The quantitative estimate of drug-likeness (QED) is 0.695. The largest absolute Gasteiger partial charge is 0.435 e. The number of hydrogen-bond acceptors (Lipinski definition) is 4. The third kappa shape index (κ3) is 4.59. The smallest absolute Gasteiger partial charge is 0.383 e. The maximum atomic E-state index is 13.3. The van der Waals surface area contributed by atoms with Gasteiger partial charge in [-0.25, -0.2) is 9.97 Å². The molecule has 0 aliphatic rings. The van der Waals surface area contributed by atoms with Gasteiger partial charge in [0, 0.05) is 12.4 Å². The van der Waals surface area contributed by atoms with Crippen molar-refractivity contribution in [1.82, 2.24) is 19.7 Å². The lowest BCUT2D eigenvalue weighted by molar-refractivity contribution is -0.140. The highest BCUT2D eigenvalue weighted by Crippen LogP contribution is 2.40. The standard InChI is InChI=1S/C14H10F3N5.2C2H6/c15-14(16,17)11-10(9-5-2-1-3-6-9)12(18)22(21-11)13-19-7-4-8-20-13;2*1-2/h1-8H,18H2;2*1-2H3. The maximum absolute atomic E-state index is 13.3. The van der Waals surface area contributed by atoms with E-state index in [0.29, 0.717) is 5.56 Å². The van der Waals surface area contributed by atoms with Gasteiger partial charge in [-0.2, -0.15) is 23.0 Å². The molecule has 2 aromatic heterocycles. The fourth-order valence-corrected chi connectivity index (χ4v) is 2.07. The van der Waals surface area contributed by atoms with Gasteiger partial charge in [-0.1, -0.05) is 58.0 Å². The zero-order valence-corrected chi connectivity index (χ0v) is 15.1. The van der Waals surface area contributed by atoms with Crippen molar-refractivity contribution in [3.8, 4) is 17.1 Å². The maximum Gasteiger partial charge on any atom is 0.435 e. The first-order valence-electron chi connectivity index (χ1n) is 8.27. The van der Waals surface area contributed by atoms with E-state index in [0.717, 1.165) is 4.68 Å². The van der Waals surface area contributed by atoms with E-state index in [1.807, 2.05) is 27.7 Å². The molecule has 2 heterocycles. The number of nitrogens with zero attached hydrogens (tertiary/aromatic N) is 4. The van der Waals surface area contributed by atoms with Gasteiger partial charge in [-0.15, -0.1) is 0 Å². The molecule has 5 nitrogen and oxygen atoms in total. The molecule has 0 saturated carbocycles. The number of benzene rings is 1. The highest BCUT2D eigenvalue weighted by molar-refractivity contribution is 5.77. The monoisotopic (exact) mass is 365 g/mol. The number of aromatic nitrogens is 4. The molecule has 1 aromatic carbocycles. The molecule has 3 rings (SSSR count). The second kappa shape index (κ2) is 9.55. The van der Waals surface area contributed by atoms with Crippen LogP contribution in [-0.2, 0) is 6.18 Å². The SMILES string of the molecule is CC.CC.Nc1c(-c2ccccc2)c(C(F)(F)F)nn1-c1ncccn1. The summed E-state index contributed by atoms with van der Waals surface area (Å²) in [7, 11) is 0. The molecule has 0 unspecified atom stereocenters. The predicted octanol–water partition coefficient (Wildman–Crippen LogP) is 4.98. The Hall–Kier alpha value is -2.90. The van der Waals surface area contributed by atoms with Crippen molar-refractivity contribution in [1.29, 1.82) is 0 Å². The van der Waals surface area contributed by atoms with Crippen molar-refractivity contribution in [2.75, 3.05) is 5.73 Å². The number of nitrogens with two attached hydrogens (primary N) is 1. The molecule has 140 valence electrons. The van der Waals surface area contributed by atoms with Crippen molar-refractivity contribution in [3.05, 3.63) is 54.5 Å². The molecule has 0 saturated heterocycles. The Morgan fingerprint density at radius 1 is 0.885 bits per heavy atom. The van der Waals surface area contributed by atoms with Crippen molar-refractivity contribution < 1.29 is 13.2 Å². The van der Waals surface area contributed by atoms with Crippen LogP contribution < -0.4 is 5.73 Å². The lowest BCUT2D eigenvalue weighted by atomic mass is 10.1. The fourth-order valence-electron chi connectivity index (χ4n) is 2.07. The molecule has 0 aliphatic carbocycles. The average Bonchev–Trinajstić information content (AvgIpc) is 3.04. The molecule has 0 fully saturated rings. The molecule has 2 N–H and O–H groups in total. The highest BCUT2D eigenvalue weighted by Gasteiger charge is 2.39. The summed E-state index contributed by atoms with van der Waals surface area (Å²) in [5, 5.41) is 3.57. The van der Waals surface area contributed by atoms with Crippen LogP contribution in [0.5, 0.6) is 0 Å². The molecule has 0 atom stereocenters. The van der Waals surface area contributed by atoms with Gasteiger partial charge in [-0.3, -0.25) is 0 Å². The number of anilines is 1. The average molecular weight is 365 g/mol. The van der Waals surface area contributed by atoms with Crippen molar-refractivity contribution in [3.63, 3.8) is 0 Å². The lowest BCUT2D eigenvalue weighted by Gasteiger charge is -2.06. The Bertz CT molecular complexity index is 784. The number of nitrogen functional groups attached to an aromatic ring is 1. The van der Waals surface area contributed by atoms with Crippen molar-refractivity contribution >= 4 is 5.82 Å². The molecule has 26 heavy (non-hydrogen) atoms. The first-order chi connectivity index (χ1) is 12.5. The van der Waals surface area contributed by atoms with Crippen molar-refractivity contribution in [2.45, 2.75) is 33.9 Å². The predicted molar refractivity (Wildman–Crippen MR) is 96.7 cm³/mol. The molecular weight excluding hydrogens is 343 g/mol. The van der Waals surface area contributed by atoms with Crippen LogP contribution in [0.25, 0.3) is 17.1 Å². The van der Waals surface area contributed by atoms with Gasteiger partial charge in [0.15, 0.2) is 5.69 Å². The Kier molecular flexibility index (Phi) is 7.77. The van der Waals surface area contributed by atoms with E-state index in [1.165, 1.54) is 12.4 Å². The second-order valence-corrected chi connectivity index (χ2v) is 4.43. The van der Waals surface area contributed by atoms with E-state index >= 15 is 0 Å². The van der Waals surface area contributed by atoms with Crippen LogP contribution in [0.2, 0.25) is 0 Å². The molecule has 0 amide bonds. The van der Waals surface area contributed by atoms with E-state index in [9.17, 15) is 13.2 Å². The van der Waals surface area contributed by atoms with Crippen LogP contribution >= 0.6 is 0 Å². The molecule has 3 aromatic rings. The molecule has 0 aliphatic heterocycles. The second-order valence-electron chi connectivity index (χ2n) is 4.43. The third-order valence-electron chi connectivity index (χ3n) is 2.99. The van der Waals surface area contributed by atoms with Gasteiger partial charge in [0.2, 0.25) is 0 Å². The molecular formula is C18H22F3N5. The number of rotatable bonds is 2. The van der Waals surface area contributed by atoms with Crippen LogP contribution in [0.15, 0.2) is 48.8 Å². The number of halogens is 3. The van der Waals surface area contributed by atoms with E-state index in [-0.39, 0.29) is 17.3 Å². The van der Waals surface area contributed by atoms with Gasteiger partial charge in [0.05, 0.1) is 5.56 Å². The van der Waals surface area contributed by atoms with Gasteiger partial charge in [-0.05, 0) is 11.6 Å². The van der Waals surface area contributed by atoms with E-state index < -0.39 is 11.9 Å². The summed E-state index contributed by atoms with van der Waals surface area (Å²) in [6.07, 6.45) is -1.84. The minimum Gasteiger partial charge on any atom is -0.383 e. The Labute approximate surface area is 150 Å². The zero-order valence-electron chi connectivity index (χ0n) is 15.1. The summed E-state index contributed by atoms with van der Waals surface area (Å²) in [5.74, 6) is -0.183. The first-order valence-corrected chi connectivity index (χ1v) is 8.27. The minimum atomic E-state index is -4.64. The van der Waals surface area contributed by atoms with Crippen LogP contribution in [-0.4, -0.2) is 19.7 Å². The van der Waals surface area contributed by atoms with Crippen LogP contribution in [0.4, 0.5) is 19.0 Å². The van der Waals surface area contributed by atoms with E-state index in [2.05, 4.69) is 15.1 Å². The molecule has 8 heteroatoms. The lowest BCUT2D eigenvalue weighted by Crippen LogP contribution is -2.09. The fraction of sp³-hybridized carbons (Fsp3) is 0.278. The minimum absolute atomic E-state index is 0.0207. The molecule has 0 spiro atoms. The summed E-state index contributed by atoms with van der Waals surface area (Å²) in [4.78, 5) is 7.76. The summed E-state index contributed by atoms with van der Waals surface area (Å²) in [6.45, 7) is 8.00. The summed E-state index contributed by atoms with van der Waals surface area (Å²) in [6, 6.07) is 9.60. The summed E-state index contributed by atoms with van der Waals surface area (Å²) in [5.41, 5.74) is 4.97. The van der Waals surface area contributed by atoms with Gasteiger partial charge in [0.25, 0.3) is 5.95 Å². The topological polar surface area (TPSA) is 69.6 Å².